The van der Waals surface area contributed by atoms with Crippen LogP contribution in [-0.4, -0.2) is 29.2 Å². The Morgan fingerprint density at radius 2 is 2.04 bits per heavy atom. The summed E-state index contributed by atoms with van der Waals surface area (Å²) in [5.41, 5.74) is 8.38. The average Bonchev–Trinajstić information content (AvgIpc) is 3.12. The Morgan fingerprint density at radius 3 is 2.75 bits per heavy atom. The van der Waals surface area contributed by atoms with Crippen molar-refractivity contribution < 1.29 is 13.2 Å². The lowest BCUT2D eigenvalue weighted by Gasteiger charge is -2.27. The molecule has 0 fully saturated rings. The van der Waals surface area contributed by atoms with Crippen LogP contribution in [0.5, 0.6) is 5.75 Å². The molecule has 3 aromatic rings. The molecule has 0 saturated carbocycles. The van der Waals surface area contributed by atoms with E-state index < -0.39 is 14.8 Å². The van der Waals surface area contributed by atoms with Crippen molar-refractivity contribution in [2.45, 2.75) is 18.1 Å². The van der Waals surface area contributed by atoms with Gasteiger partial charge in [-0.3, -0.25) is 4.98 Å². The first-order valence-electron chi connectivity index (χ1n) is 8.86. The minimum Gasteiger partial charge on any atom is -0.496 e. The summed E-state index contributed by atoms with van der Waals surface area (Å²) in [6, 6.07) is 8.80. The van der Waals surface area contributed by atoms with Crippen molar-refractivity contribution in [3.05, 3.63) is 67.0 Å². The van der Waals surface area contributed by atoms with E-state index in [1.807, 2.05) is 12.2 Å². The fraction of sp³-hybridized carbons (Fsp3) is 0.190. The first kappa shape index (κ1) is 18.3. The molecule has 0 saturated heterocycles. The van der Waals surface area contributed by atoms with Crippen LogP contribution in [0.3, 0.4) is 0 Å². The van der Waals surface area contributed by atoms with E-state index in [4.69, 9.17) is 10.5 Å². The van der Waals surface area contributed by atoms with Crippen molar-refractivity contribution in [1.82, 2.24) is 8.96 Å². The molecular weight excluding hydrogens is 374 g/mol. The van der Waals surface area contributed by atoms with Crippen LogP contribution in [0.4, 0.5) is 5.69 Å². The number of methoxy groups -OCH3 is 1. The molecular formula is C21H21N3O3S. The normalized spacial score (nSPS) is 19.2. The molecule has 0 radical (unpaired) electrons. The Labute approximate surface area is 164 Å². The van der Waals surface area contributed by atoms with Crippen molar-refractivity contribution in [3.63, 3.8) is 0 Å². The Morgan fingerprint density at radius 1 is 1.21 bits per heavy atom. The molecule has 4 rings (SSSR count). The third-order valence-electron chi connectivity index (χ3n) is 5.11. The standard InChI is InChI=1S/C21H21N3O3S/c1-21(9-4-3-5-10-21)28(25,26)24-11-8-15-14-23-18(13-19(15)24)17-12-16(22)6-7-20(17)27-2/h3-9,11-14H,10,22H2,1-2H3. The van der Waals surface area contributed by atoms with E-state index in [0.717, 1.165) is 5.39 Å². The Bertz CT molecular complexity index is 1220. The van der Waals surface area contributed by atoms with Crippen LogP contribution in [0.2, 0.25) is 0 Å². The van der Waals surface area contributed by atoms with Crippen molar-refractivity contribution in [3.8, 4) is 17.0 Å². The molecule has 2 aromatic heterocycles. The minimum atomic E-state index is -3.67. The van der Waals surface area contributed by atoms with Crippen LogP contribution >= 0.6 is 0 Å². The highest BCUT2D eigenvalue weighted by Crippen LogP contribution is 2.35. The zero-order chi connectivity index (χ0) is 19.9. The monoisotopic (exact) mass is 395 g/mol. The highest BCUT2D eigenvalue weighted by Gasteiger charge is 2.38. The van der Waals surface area contributed by atoms with Crippen molar-refractivity contribution in [2.24, 2.45) is 0 Å². The van der Waals surface area contributed by atoms with E-state index in [2.05, 4.69) is 4.98 Å². The maximum absolute atomic E-state index is 13.4. The first-order valence-corrected chi connectivity index (χ1v) is 10.3. The average molecular weight is 395 g/mol. The summed E-state index contributed by atoms with van der Waals surface area (Å²) in [7, 11) is -2.10. The number of rotatable bonds is 4. The van der Waals surface area contributed by atoms with E-state index in [1.165, 1.54) is 3.97 Å². The molecule has 2 N–H and O–H groups in total. The number of benzene rings is 1. The highest BCUT2D eigenvalue weighted by molar-refractivity contribution is 7.91. The van der Waals surface area contributed by atoms with E-state index in [1.54, 1.807) is 68.9 Å². The first-order chi connectivity index (χ1) is 13.4. The fourth-order valence-corrected chi connectivity index (χ4v) is 5.05. The molecule has 0 spiro atoms. The molecule has 7 heteroatoms. The highest BCUT2D eigenvalue weighted by atomic mass is 32.2. The lowest BCUT2D eigenvalue weighted by Crippen LogP contribution is -2.37. The van der Waals surface area contributed by atoms with Gasteiger partial charge in [-0.25, -0.2) is 12.4 Å². The molecule has 1 unspecified atom stereocenters. The summed E-state index contributed by atoms with van der Waals surface area (Å²) < 4.78 is 32.6. The number of nitrogens with two attached hydrogens (primary N) is 1. The topological polar surface area (TPSA) is 87.2 Å². The van der Waals surface area contributed by atoms with Gasteiger partial charge in [-0.2, -0.15) is 0 Å². The van der Waals surface area contributed by atoms with Crippen LogP contribution in [0.15, 0.2) is 67.0 Å². The molecule has 28 heavy (non-hydrogen) atoms. The number of aromatic nitrogens is 2. The quantitative estimate of drug-likeness (QED) is 0.680. The van der Waals surface area contributed by atoms with Crippen molar-refractivity contribution in [2.75, 3.05) is 12.8 Å². The Hall–Kier alpha value is -3.06. The van der Waals surface area contributed by atoms with Crippen LogP contribution < -0.4 is 10.5 Å². The van der Waals surface area contributed by atoms with Gasteiger partial charge in [0.25, 0.3) is 0 Å². The Kier molecular flexibility index (Phi) is 4.27. The van der Waals surface area contributed by atoms with Gasteiger partial charge >= 0.3 is 0 Å². The van der Waals surface area contributed by atoms with Gasteiger partial charge in [0.1, 0.15) is 10.5 Å². The summed E-state index contributed by atoms with van der Waals surface area (Å²) in [6.45, 7) is 1.73. The molecule has 0 amide bonds. The van der Waals surface area contributed by atoms with Gasteiger partial charge in [-0.05, 0) is 43.7 Å². The number of hydrogen-bond donors (Lipinski definition) is 1. The van der Waals surface area contributed by atoms with Gasteiger partial charge in [-0.15, -0.1) is 0 Å². The number of allylic oxidation sites excluding steroid dienone is 3. The number of nitrogen functional groups attached to an aromatic ring is 1. The summed E-state index contributed by atoms with van der Waals surface area (Å²) in [6.07, 6.45) is 10.9. The molecule has 144 valence electrons. The third-order valence-corrected chi connectivity index (χ3v) is 7.42. The van der Waals surface area contributed by atoms with Crippen molar-refractivity contribution in [1.29, 1.82) is 0 Å². The van der Waals surface area contributed by atoms with Crippen LogP contribution in [-0.2, 0) is 10.0 Å². The number of anilines is 1. The van der Waals surface area contributed by atoms with E-state index in [9.17, 15) is 8.42 Å². The molecule has 1 aliphatic carbocycles. The molecule has 1 atom stereocenters. The third kappa shape index (κ3) is 2.79. The van der Waals surface area contributed by atoms with Crippen LogP contribution in [0.1, 0.15) is 13.3 Å². The van der Waals surface area contributed by atoms with Gasteiger partial charge < -0.3 is 10.5 Å². The van der Waals surface area contributed by atoms with Crippen LogP contribution in [0.25, 0.3) is 22.2 Å². The molecule has 1 aliphatic rings. The second-order valence-electron chi connectivity index (χ2n) is 7.01. The van der Waals surface area contributed by atoms with Crippen LogP contribution in [0, 0.1) is 0 Å². The molecule has 6 nitrogen and oxygen atoms in total. The maximum atomic E-state index is 13.4. The predicted molar refractivity (Wildman–Crippen MR) is 112 cm³/mol. The zero-order valence-corrected chi connectivity index (χ0v) is 16.5. The summed E-state index contributed by atoms with van der Waals surface area (Å²) in [5, 5.41) is 0.745. The van der Waals surface area contributed by atoms with Gasteiger partial charge in [0.15, 0.2) is 0 Å². The minimum absolute atomic E-state index is 0.423. The molecule has 1 aromatic carbocycles. The largest absolute Gasteiger partial charge is 0.496 e. The van der Waals surface area contributed by atoms with Gasteiger partial charge in [0, 0.05) is 29.0 Å². The SMILES string of the molecule is COc1ccc(N)cc1-c1cc2c(ccn2S(=O)(=O)C2(C)C=CC=CC2)cn1. The van der Waals surface area contributed by atoms with Crippen molar-refractivity contribution >= 4 is 26.6 Å². The number of fused-ring (bicyclic) bond motifs is 1. The summed E-state index contributed by atoms with van der Waals surface area (Å²) >= 11 is 0. The number of ether oxygens (including phenoxy) is 1. The lowest BCUT2D eigenvalue weighted by atomic mass is 10.0. The van der Waals surface area contributed by atoms with Gasteiger partial charge in [0.2, 0.25) is 10.0 Å². The second-order valence-corrected chi connectivity index (χ2v) is 9.28. The number of pyridine rings is 1. The Balaban J connectivity index is 1.90. The molecule has 2 heterocycles. The van der Waals surface area contributed by atoms with E-state index in [0.29, 0.717) is 34.6 Å². The molecule has 0 bridgehead atoms. The zero-order valence-electron chi connectivity index (χ0n) is 15.7. The summed E-state index contributed by atoms with van der Waals surface area (Å²) in [4.78, 5) is 4.48. The fourth-order valence-electron chi connectivity index (χ4n) is 3.41. The van der Waals surface area contributed by atoms with E-state index in [-0.39, 0.29) is 0 Å². The molecule has 0 aliphatic heterocycles. The predicted octanol–water partition coefficient (Wildman–Crippen LogP) is 3.75. The van der Waals surface area contributed by atoms with Gasteiger partial charge in [-0.1, -0.05) is 24.3 Å². The number of nitrogens with zero attached hydrogens (tertiary/aromatic N) is 2. The lowest BCUT2D eigenvalue weighted by molar-refractivity contribution is 0.416. The number of hydrogen-bond acceptors (Lipinski definition) is 5. The second kappa shape index (κ2) is 6.53. The maximum Gasteiger partial charge on any atom is 0.248 e. The smallest absolute Gasteiger partial charge is 0.248 e. The summed E-state index contributed by atoms with van der Waals surface area (Å²) in [5.74, 6) is 0.620. The van der Waals surface area contributed by atoms with E-state index >= 15 is 0 Å². The van der Waals surface area contributed by atoms with Gasteiger partial charge in [0.05, 0.1) is 18.3 Å².